The minimum absolute atomic E-state index is 0.109. The molecule has 0 aliphatic carbocycles. The summed E-state index contributed by atoms with van der Waals surface area (Å²) in [6.45, 7) is 2.25. The summed E-state index contributed by atoms with van der Waals surface area (Å²) in [5, 5.41) is 5.88. The molecule has 7 nitrogen and oxygen atoms in total. The van der Waals surface area contributed by atoms with Gasteiger partial charge in [-0.2, -0.15) is 0 Å². The highest BCUT2D eigenvalue weighted by atomic mass is 32.1. The van der Waals surface area contributed by atoms with Gasteiger partial charge in [-0.3, -0.25) is 14.4 Å². The van der Waals surface area contributed by atoms with E-state index in [1.807, 2.05) is 0 Å². The van der Waals surface area contributed by atoms with Crippen LogP contribution in [0.3, 0.4) is 0 Å². The van der Waals surface area contributed by atoms with E-state index in [0.29, 0.717) is 16.4 Å². The smallest absolute Gasteiger partial charge is 0.291 e. The van der Waals surface area contributed by atoms with Crippen molar-refractivity contribution in [1.29, 1.82) is 0 Å². The molecule has 0 bridgehead atoms. The fourth-order valence-corrected chi connectivity index (χ4v) is 3.49. The van der Waals surface area contributed by atoms with Crippen LogP contribution in [-0.4, -0.2) is 35.7 Å². The normalized spacial score (nSPS) is 10.5. The first-order chi connectivity index (χ1) is 14.5. The minimum atomic E-state index is -0.409. The number of nitrogens with zero attached hydrogens (tertiary/aromatic N) is 1. The maximum Gasteiger partial charge on any atom is 0.291 e. The molecule has 0 unspecified atom stereocenters. The van der Waals surface area contributed by atoms with Gasteiger partial charge in [0.2, 0.25) is 5.91 Å². The van der Waals surface area contributed by atoms with E-state index in [1.54, 1.807) is 43.3 Å². The van der Waals surface area contributed by atoms with Gasteiger partial charge in [0, 0.05) is 13.1 Å². The van der Waals surface area contributed by atoms with Crippen molar-refractivity contribution in [3.8, 4) is 0 Å². The molecule has 9 heteroatoms. The highest BCUT2D eigenvalue weighted by Gasteiger charge is 2.20. The summed E-state index contributed by atoms with van der Waals surface area (Å²) in [7, 11) is 0. The lowest BCUT2D eigenvalue weighted by molar-refractivity contribution is -0.121. The first-order valence-electron chi connectivity index (χ1n) is 9.21. The van der Waals surface area contributed by atoms with Crippen LogP contribution in [0.25, 0.3) is 0 Å². The highest BCUT2D eigenvalue weighted by Crippen LogP contribution is 2.24. The third-order valence-corrected chi connectivity index (χ3v) is 5.19. The number of nitrogens with one attached hydrogen (secondary N) is 2. The number of rotatable bonds is 8. The van der Waals surface area contributed by atoms with Gasteiger partial charge in [0.15, 0.2) is 5.76 Å². The van der Waals surface area contributed by atoms with Crippen molar-refractivity contribution in [2.75, 3.05) is 18.4 Å². The van der Waals surface area contributed by atoms with Crippen molar-refractivity contribution < 1.29 is 23.2 Å². The molecule has 30 heavy (non-hydrogen) atoms. The van der Waals surface area contributed by atoms with Gasteiger partial charge in [0.25, 0.3) is 11.8 Å². The van der Waals surface area contributed by atoms with Gasteiger partial charge in [0.1, 0.15) is 5.82 Å². The summed E-state index contributed by atoms with van der Waals surface area (Å²) < 4.78 is 18.0. The van der Waals surface area contributed by atoms with Gasteiger partial charge in [-0.25, -0.2) is 4.39 Å². The van der Waals surface area contributed by atoms with E-state index in [1.165, 1.54) is 23.3 Å². The molecule has 2 aromatic heterocycles. The fourth-order valence-electron chi connectivity index (χ4n) is 2.62. The molecule has 0 saturated carbocycles. The maximum absolute atomic E-state index is 12.9. The van der Waals surface area contributed by atoms with E-state index in [-0.39, 0.29) is 36.5 Å². The van der Waals surface area contributed by atoms with Crippen molar-refractivity contribution in [3.63, 3.8) is 0 Å². The number of benzene rings is 1. The third-order valence-electron chi connectivity index (χ3n) is 4.20. The summed E-state index contributed by atoms with van der Waals surface area (Å²) in [5.74, 6) is -1.21. The van der Waals surface area contributed by atoms with Gasteiger partial charge in [-0.15, -0.1) is 11.3 Å². The van der Waals surface area contributed by atoms with E-state index < -0.39 is 5.91 Å². The Labute approximate surface area is 176 Å². The number of carbonyl (C=O) groups is 3. The van der Waals surface area contributed by atoms with Gasteiger partial charge < -0.3 is 20.0 Å². The Hall–Kier alpha value is -3.46. The Morgan fingerprint density at radius 3 is 2.53 bits per heavy atom. The molecule has 1 aromatic carbocycles. The lowest BCUT2D eigenvalue weighted by Gasteiger charge is -2.19. The van der Waals surface area contributed by atoms with E-state index in [0.717, 1.165) is 16.9 Å². The fraction of sp³-hybridized carbons (Fsp3) is 0.190. The number of likely N-dealkylation sites (N-methyl/N-ethyl adjacent to an activating group) is 1. The molecule has 3 amide bonds. The van der Waals surface area contributed by atoms with Crippen LogP contribution in [0, 0.1) is 5.82 Å². The predicted molar refractivity (Wildman–Crippen MR) is 111 cm³/mol. The summed E-state index contributed by atoms with van der Waals surface area (Å²) in [5.41, 5.74) is 0.759. The number of hydrogen-bond acceptors (Lipinski definition) is 5. The van der Waals surface area contributed by atoms with Gasteiger partial charge in [-0.1, -0.05) is 12.1 Å². The molecule has 0 spiro atoms. The Morgan fingerprint density at radius 2 is 1.87 bits per heavy atom. The minimum Gasteiger partial charge on any atom is -0.459 e. The van der Waals surface area contributed by atoms with E-state index in [2.05, 4.69) is 10.6 Å². The summed E-state index contributed by atoms with van der Waals surface area (Å²) in [4.78, 5) is 38.8. The summed E-state index contributed by atoms with van der Waals surface area (Å²) in [6.07, 6.45) is 1.40. The molecule has 3 rings (SSSR count). The van der Waals surface area contributed by atoms with Crippen molar-refractivity contribution in [2.24, 2.45) is 0 Å². The monoisotopic (exact) mass is 429 g/mol. The molecular formula is C21H20FN3O4S. The van der Waals surface area contributed by atoms with Crippen molar-refractivity contribution in [1.82, 2.24) is 10.2 Å². The van der Waals surface area contributed by atoms with Gasteiger partial charge in [0.05, 0.1) is 22.7 Å². The number of halogens is 1. The Kier molecular flexibility index (Phi) is 6.97. The van der Waals surface area contributed by atoms with Crippen LogP contribution in [0.2, 0.25) is 0 Å². The molecule has 2 heterocycles. The standard InChI is InChI=1S/C21H20FN3O4S/c1-2-25(13-18(26)23-12-14-5-7-15(22)8-6-14)21(28)17-9-10-19(30-17)24-20(27)16-4-3-11-29-16/h3-11H,2,12-13H2,1H3,(H,23,26)(H,24,27). The molecular weight excluding hydrogens is 409 g/mol. The lowest BCUT2D eigenvalue weighted by Crippen LogP contribution is -2.40. The number of anilines is 1. The molecule has 3 aromatic rings. The lowest BCUT2D eigenvalue weighted by atomic mass is 10.2. The third kappa shape index (κ3) is 5.54. The van der Waals surface area contributed by atoms with Gasteiger partial charge >= 0.3 is 0 Å². The van der Waals surface area contributed by atoms with Crippen LogP contribution in [-0.2, 0) is 11.3 Å². The van der Waals surface area contributed by atoms with Crippen molar-refractivity contribution >= 4 is 34.1 Å². The van der Waals surface area contributed by atoms with Crippen LogP contribution in [0.1, 0.15) is 32.7 Å². The molecule has 0 radical (unpaired) electrons. The largest absolute Gasteiger partial charge is 0.459 e. The van der Waals surface area contributed by atoms with E-state index in [4.69, 9.17) is 4.42 Å². The second-order valence-electron chi connectivity index (χ2n) is 6.32. The molecule has 2 N–H and O–H groups in total. The average Bonchev–Trinajstić information content (AvgIpc) is 3.43. The SMILES string of the molecule is CCN(CC(=O)NCc1ccc(F)cc1)C(=O)c1ccc(NC(=O)c2ccco2)s1. The average molecular weight is 429 g/mol. The zero-order chi connectivity index (χ0) is 21.5. The zero-order valence-electron chi connectivity index (χ0n) is 16.2. The number of hydrogen-bond donors (Lipinski definition) is 2. The van der Waals surface area contributed by atoms with E-state index >= 15 is 0 Å². The number of carbonyl (C=O) groups excluding carboxylic acids is 3. The topological polar surface area (TPSA) is 91.7 Å². The van der Waals surface area contributed by atoms with Crippen LogP contribution >= 0.6 is 11.3 Å². The molecule has 156 valence electrons. The first kappa shape index (κ1) is 21.3. The summed E-state index contributed by atoms with van der Waals surface area (Å²) in [6, 6.07) is 12.2. The van der Waals surface area contributed by atoms with Gasteiger partial charge in [-0.05, 0) is 48.9 Å². The number of amides is 3. The molecule has 0 aliphatic rings. The predicted octanol–water partition coefficient (Wildman–Crippen LogP) is 3.51. The van der Waals surface area contributed by atoms with Crippen molar-refractivity contribution in [2.45, 2.75) is 13.5 Å². The molecule has 0 saturated heterocycles. The van der Waals surface area contributed by atoms with Crippen LogP contribution in [0.5, 0.6) is 0 Å². The number of furan rings is 1. The Bertz CT molecular complexity index is 1020. The molecule has 0 atom stereocenters. The second-order valence-corrected chi connectivity index (χ2v) is 7.40. The van der Waals surface area contributed by atoms with Crippen LogP contribution in [0.4, 0.5) is 9.39 Å². The Morgan fingerprint density at radius 1 is 1.10 bits per heavy atom. The van der Waals surface area contributed by atoms with Crippen LogP contribution < -0.4 is 10.6 Å². The van der Waals surface area contributed by atoms with Crippen LogP contribution in [0.15, 0.2) is 59.2 Å². The Balaban J connectivity index is 1.55. The van der Waals surface area contributed by atoms with Crippen molar-refractivity contribution in [3.05, 3.63) is 76.8 Å². The van der Waals surface area contributed by atoms with E-state index in [9.17, 15) is 18.8 Å². The zero-order valence-corrected chi connectivity index (χ0v) is 17.0. The second kappa shape index (κ2) is 9.84. The highest BCUT2D eigenvalue weighted by molar-refractivity contribution is 7.18. The summed E-state index contributed by atoms with van der Waals surface area (Å²) >= 11 is 1.12. The first-order valence-corrected chi connectivity index (χ1v) is 10.0. The molecule has 0 aliphatic heterocycles. The quantitative estimate of drug-likeness (QED) is 0.573. The molecule has 0 fully saturated rings. The maximum atomic E-state index is 12.9. The number of thiophene rings is 1.